The zero-order valence-electron chi connectivity index (χ0n) is 14.8. The minimum Gasteiger partial charge on any atom is -0.497 e. The van der Waals surface area contributed by atoms with Gasteiger partial charge in [0.2, 0.25) is 5.82 Å². The van der Waals surface area contributed by atoms with E-state index in [-0.39, 0.29) is 11.3 Å². The van der Waals surface area contributed by atoms with Crippen molar-refractivity contribution in [2.75, 3.05) is 38.6 Å². The summed E-state index contributed by atoms with van der Waals surface area (Å²) in [5.74, 6) is -0.468. The van der Waals surface area contributed by atoms with Crippen LogP contribution < -0.4 is 10.1 Å². The van der Waals surface area contributed by atoms with Crippen LogP contribution >= 0.6 is 0 Å². The molecule has 8 heteroatoms. The second-order valence-electron chi connectivity index (χ2n) is 6.46. The highest BCUT2D eigenvalue weighted by molar-refractivity contribution is 5.90. The number of halogens is 3. The molecular weight excluding hydrogens is 345 g/mol. The van der Waals surface area contributed by atoms with Gasteiger partial charge in [-0.05, 0) is 57.5 Å². The minimum absolute atomic E-state index is 0.214. The molecule has 142 valence electrons. The molecule has 1 fully saturated rings. The molecular formula is C18H23F3N4O. The Kier molecular flexibility index (Phi) is 5.80. The molecule has 0 spiro atoms. The quantitative estimate of drug-likeness (QED) is 0.750. The summed E-state index contributed by atoms with van der Waals surface area (Å²) in [6, 6.07) is 4.86. The lowest BCUT2D eigenvalue weighted by molar-refractivity contribution is -0.144. The lowest BCUT2D eigenvalue weighted by atomic mass is 10.2. The molecule has 1 aliphatic rings. The van der Waals surface area contributed by atoms with Crippen LogP contribution in [0.5, 0.6) is 5.75 Å². The van der Waals surface area contributed by atoms with Crippen LogP contribution in [0.3, 0.4) is 0 Å². The topological polar surface area (TPSA) is 50.3 Å². The fourth-order valence-corrected chi connectivity index (χ4v) is 3.17. The summed E-state index contributed by atoms with van der Waals surface area (Å²) in [6.07, 6.45) is -0.192. The van der Waals surface area contributed by atoms with Crippen molar-refractivity contribution in [2.45, 2.75) is 31.9 Å². The number of methoxy groups -OCH3 is 1. The highest BCUT2D eigenvalue weighted by Gasteiger charge is 2.35. The lowest BCUT2D eigenvalue weighted by Gasteiger charge is -2.15. The molecule has 0 aliphatic carbocycles. The summed E-state index contributed by atoms with van der Waals surface area (Å²) in [7, 11) is 1.46. The molecule has 1 aliphatic heterocycles. The molecule has 26 heavy (non-hydrogen) atoms. The van der Waals surface area contributed by atoms with E-state index in [1.54, 1.807) is 12.1 Å². The number of nitrogens with zero attached hydrogens (tertiary/aromatic N) is 3. The molecule has 0 atom stereocenters. The van der Waals surface area contributed by atoms with E-state index in [4.69, 9.17) is 4.74 Å². The van der Waals surface area contributed by atoms with Crippen LogP contribution in [0.15, 0.2) is 18.2 Å². The molecule has 5 nitrogen and oxygen atoms in total. The van der Waals surface area contributed by atoms with E-state index in [2.05, 4.69) is 20.2 Å². The predicted octanol–water partition coefficient (Wildman–Crippen LogP) is 3.95. The van der Waals surface area contributed by atoms with Crippen LogP contribution in [0.4, 0.5) is 19.0 Å². The Morgan fingerprint density at radius 2 is 1.92 bits per heavy atom. The number of fused-ring (bicyclic) bond motifs is 1. The maximum absolute atomic E-state index is 13.1. The van der Waals surface area contributed by atoms with E-state index in [0.29, 0.717) is 17.7 Å². The number of ether oxygens (including phenoxy) is 1. The zero-order chi connectivity index (χ0) is 18.6. The molecule has 0 radical (unpaired) electrons. The van der Waals surface area contributed by atoms with Gasteiger partial charge in [-0.25, -0.2) is 9.97 Å². The maximum atomic E-state index is 13.1. The van der Waals surface area contributed by atoms with Crippen molar-refractivity contribution >= 4 is 16.7 Å². The van der Waals surface area contributed by atoms with Gasteiger partial charge in [0.25, 0.3) is 0 Å². The Hall–Kier alpha value is -2.09. The van der Waals surface area contributed by atoms with Gasteiger partial charge in [0.05, 0.1) is 12.6 Å². The van der Waals surface area contributed by atoms with Gasteiger partial charge < -0.3 is 15.0 Å². The number of likely N-dealkylation sites (tertiary alicyclic amines) is 1. The summed E-state index contributed by atoms with van der Waals surface area (Å²) in [6.45, 7) is 3.92. The van der Waals surface area contributed by atoms with Crippen LogP contribution in [-0.4, -0.2) is 48.2 Å². The Morgan fingerprint density at radius 3 is 2.62 bits per heavy atom. The summed E-state index contributed by atoms with van der Waals surface area (Å²) < 4.78 is 44.4. The van der Waals surface area contributed by atoms with Crippen molar-refractivity contribution in [2.24, 2.45) is 0 Å². The highest BCUT2D eigenvalue weighted by Crippen LogP contribution is 2.31. The zero-order valence-corrected chi connectivity index (χ0v) is 14.8. The monoisotopic (exact) mass is 368 g/mol. The van der Waals surface area contributed by atoms with Crippen LogP contribution in [0.1, 0.15) is 31.5 Å². The van der Waals surface area contributed by atoms with Crippen molar-refractivity contribution < 1.29 is 17.9 Å². The fraction of sp³-hybridized carbons (Fsp3) is 0.556. The molecule has 0 amide bonds. The van der Waals surface area contributed by atoms with Crippen molar-refractivity contribution in [3.8, 4) is 5.75 Å². The van der Waals surface area contributed by atoms with Gasteiger partial charge in [-0.2, -0.15) is 13.2 Å². The Labute approximate surface area is 150 Å². The number of alkyl halides is 3. The fourth-order valence-electron chi connectivity index (χ4n) is 3.17. The number of unbranched alkanes of at least 4 members (excludes halogenated alkanes) is 1. The van der Waals surface area contributed by atoms with Crippen LogP contribution in [-0.2, 0) is 6.18 Å². The highest BCUT2D eigenvalue weighted by atomic mass is 19.4. The third kappa shape index (κ3) is 4.55. The van der Waals surface area contributed by atoms with Gasteiger partial charge in [0.1, 0.15) is 11.6 Å². The van der Waals surface area contributed by atoms with E-state index in [1.807, 2.05) is 0 Å². The number of benzene rings is 1. The SMILES string of the molecule is COc1ccc2c(NCCCCN3CCCC3)nc(C(F)(F)F)nc2c1. The third-order valence-corrected chi connectivity index (χ3v) is 4.55. The smallest absolute Gasteiger partial charge is 0.451 e. The Morgan fingerprint density at radius 1 is 1.15 bits per heavy atom. The summed E-state index contributed by atoms with van der Waals surface area (Å²) >= 11 is 0. The molecule has 0 saturated carbocycles. The number of rotatable bonds is 7. The average Bonchev–Trinajstić information content (AvgIpc) is 3.13. The second kappa shape index (κ2) is 8.07. The number of hydrogen-bond acceptors (Lipinski definition) is 5. The molecule has 2 aromatic rings. The molecule has 1 aromatic carbocycles. The number of aromatic nitrogens is 2. The first-order valence-corrected chi connectivity index (χ1v) is 8.86. The van der Waals surface area contributed by atoms with Crippen molar-refractivity contribution in [3.63, 3.8) is 0 Å². The Balaban J connectivity index is 1.70. The number of nitrogens with one attached hydrogen (secondary N) is 1. The largest absolute Gasteiger partial charge is 0.497 e. The van der Waals surface area contributed by atoms with Gasteiger partial charge in [0.15, 0.2) is 0 Å². The van der Waals surface area contributed by atoms with Crippen LogP contribution in [0.25, 0.3) is 10.9 Å². The molecule has 0 unspecified atom stereocenters. The minimum atomic E-state index is -4.59. The summed E-state index contributed by atoms with van der Waals surface area (Å²) in [5, 5.41) is 3.61. The maximum Gasteiger partial charge on any atom is 0.451 e. The second-order valence-corrected chi connectivity index (χ2v) is 6.46. The van der Waals surface area contributed by atoms with Crippen molar-refractivity contribution in [1.82, 2.24) is 14.9 Å². The molecule has 1 aromatic heterocycles. The standard InChI is InChI=1S/C18H23F3N4O/c1-26-13-6-7-14-15(12-13)23-17(18(19,20)21)24-16(14)22-8-2-3-9-25-10-4-5-11-25/h6-7,12H,2-5,8-11H2,1H3,(H,22,23,24). The summed E-state index contributed by atoms with van der Waals surface area (Å²) in [5.41, 5.74) is 0.214. The van der Waals surface area contributed by atoms with Crippen LogP contribution in [0, 0.1) is 0 Å². The van der Waals surface area contributed by atoms with E-state index < -0.39 is 12.0 Å². The average molecular weight is 368 g/mol. The Bertz CT molecular complexity index is 745. The van der Waals surface area contributed by atoms with E-state index in [0.717, 1.165) is 32.5 Å². The lowest BCUT2D eigenvalue weighted by Crippen LogP contribution is -2.21. The van der Waals surface area contributed by atoms with E-state index >= 15 is 0 Å². The number of hydrogen-bond donors (Lipinski definition) is 1. The van der Waals surface area contributed by atoms with Gasteiger partial charge in [-0.15, -0.1) is 0 Å². The van der Waals surface area contributed by atoms with Crippen LogP contribution in [0.2, 0.25) is 0 Å². The normalized spacial score (nSPS) is 15.5. The molecule has 0 bridgehead atoms. The molecule has 1 N–H and O–H groups in total. The third-order valence-electron chi connectivity index (χ3n) is 4.55. The predicted molar refractivity (Wildman–Crippen MR) is 94.5 cm³/mol. The molecule has 3 rings (SSSR count). The van der Waals surface area contributed by atoms with Gasteiger partial charge in [-0.3, -0.25) is 0 Å². The first kappa shape index (κ1) is 18.7. The summed E-state index contributed by atoms with van der Waals surface area (Å²) in [4.78, 5) is 9.78. The van der Waals surface area contributed by atoms with Gasteiger partial charge >= 0.3 is 6.18 Å². The first-order valence-electron chi connectivity index (χ1n) is 8.86. The van der Waals surface area contributed by atoms with E-state index in [9.17, 15) is 13.2 Å². The first-order chi connectivity index (χ1) is 12.5. The number of anilines is 1. The molecule has 1 saturated heterocycles. The van der Waals surface area contributed by atoms with E-state index in [1.165, 1.54) is 26.0 Å². The van der Waals surface area contributed by atoms with Gasteiger partial charge in [-0.1, -0.05) is 0 Å². The van der Waals surface area contributed by atoms with Gasteiger partial charge in [0, 0.05) is 18.0 Å². The van der Waals surface area contributed by atoms with Crippen molar-refractivity contribution in [1.29, 1.82) is 0 Å². The molecule has 2 heterocycles. The van der Waals surface area contributed by atoms with Crippen molar-refractivity contribution in [3.05, 3.63) is 24.0 Å².